The summed E-state index contributed by atoms with van der Waals surface area (Å²) in [5.74, 6) is 0.821. The van der Waals surface area contributed by atoms with E-state index in [2.05, 4.69) is 70.9 Å². The molecule has 0 radical (unpaired) electrons. The monoisotopic (exact) mass is 328 g/mol. The number of guanidine groups is 1. The number of aliphatic imine (C=N–C) groups is 1. The molecule has 6 nitrogen and oxygen atoms in total. The van der Waals surface area contributed by atoms with E-state index >= 15 is 0 Å². The quantitative estimate of drug-likeness (QED) is 0.601. The van der Waals surface area contributed by atoms with Gasteiger partial charge in [0.25, 0.3) is 0 Å². The van der Waals surface area contributed by atoms with E-state index in [9.17, 15) is 0 Å². The number of aryl methyl sites for hydroxylation is 1. The number of nitrogens with one attached hydrogen (secondary N) is 2. The maximum atomic E-state index is 4.66. The fourth-order valence-corrected chi connectivity index (χ4v) is 2.53. The lowest BCUT2D eigenvalue weighted by molar-refractivity contribution is 0.298. The van der Waals surface area contributed by atoms with E-state index in [4.69, 9.17) is 0 Å². The predicted molar refractivity (Wildman–Crippen MR) is 98.9 cm³/mol. The molecule has 0 saturated heterocycles. The third kappa shape index (κ3) is 5.09. The van der Waals surface area contributed by atoms with Gasteiger partial charge >= 0.3 is 0 Å². The first-order valence-electron chi connectivity index (χ1n) is 8.32. The van der Waals surface area contributed by atoms with E-state index < -0.39 is 0 Å². The smallest absolute Gasteiger partial charge is 0.191 e. The lowest BCUT2D eigenvalue weighted by Gasteiger charge is -2.26. The lowest BCUT2D eigenvalue weighted by atomic mass is 10.1. The zero-order valence-corrected chi connectivity index (χ0v) is 15.0. The Balaban J connectivity index is 2.02. The van der Waals surface area contributed by atoms with Crippen molar-refractivity contribution in [1.29, 1.82) is 0 Å². The molecule has 1 atom stereocenters. The van der Waals surface area contributed by atoms with Crippen LogP contribution in [0.3, 0.4) is 0 Å². The summed E-state index contributed by atoms with van der Waals surface area (Å²) in [4.78, 5) is 6.87. The zero-order valence-electron chi connectivity index (χ0n) is 15.0. The molecular formula is C18H28N6. The Bertz CT molecular complexity index is 632. The molecule has 130 valence electrons. The van der Waals surface area contributed by atoms with Crippen molar-refractivity contribution in [3.8, 4) is 0 Å². The van der Waals surface area contributed by atoms with E-state index in [1.54, 1.807) is 6.20 Å². The summed E-state index contributed by atoms with van der Waals surface area (Å²) in [5.41, 5.74) is 2.37. The van der Waals surface area contributed by atoms with Gasteiger partial charge in [-0.25, -0.2) is 4.99 Å². The van der Waals surface area contributed by atoms with Crippen LogP contribution in [0, 0.1) is 0 Å². The second kappa shape index (κ2) is 9.08. The molecule has 2 N–H and O–H groups in total. The van der Waals surface area contributed by atoms with Crippen LogP contribution in [-0.2, 0) is 13.6 Å². The first-order chi connectivity index (χ1) is 11.6. The maximum absolute atomic E-state index is 4.66. The molecule has 0 amide bonds. The number of nitrogens with zero attached hydrogens (tertiary/aromatic N) is 4. The minimum atomic E-state index is 0.284. The molecule has 2 aromatic rings. The second-order valence-electron chi connectivity index (χ2n) is 5.91. The standard InChI is InChI=1S/C18H28N6/c1-5-19-18(20-13-16-11-12-22-24(16)4)21-14-17(23(2)3)15-9-7-6-8-10-15/h6-12,17H,5,13-14H2,1-4H3,(H2,19,20,21). The summed E-state index contributed by atoms with van der Waals surface area (Å²) in [5, 5.41) is 10.9. The van der Waals surface area contributed by atoms with Gasteiger partial charge < -0.3 is 15.5 Å². The van der Waals surface area contributed by atoms with E-state index in [0.717, 1.165) is 24.7 Å². The molecule has 0 bridgehead atoms. The van der Waals surface area contributed by atoms with Crippen molar-refractivity contribution in [3.05, 3.63) is 53.9 Å². The number of rotatable bonds is 7. The molecule has 1 aromatic carbocycles. The molecule has 6 heteroatoms. The summed E-state index contributed by atoms with van der Waals surface area (Å²) in [7, 11) is 6.13. The lowest BCUT2D eigenvalue weighted by Crippen LogP contribution is -2.41. The minimum Gasteiger partial charge on any atom is -0.357 e. The van der Waals surface area contributed by atoms with Gasteiger partial charge in [0.05, 0.1) is 18.3 Å². The summed E-state index contributed by atoms with van der Waals surface area (Å²) >= 11 is 0. The highest BCUT2D eigenvalue weighted by molar-refractivity contribution is 5.79. The van der Waals surface area contributed by atoms with Crippen molar-refractivity contribution in [1.82, 2.24) is 25.3 Å². The number of likely N-dealkylation sites (N-methyl/N-ethyl adjacent to an activating group) is 1. The van der Waals surface area contributed by atoms with Crippen LogP contribution in [0.1, 0.15) is 24.2 Å². The van der Waals surface area contributed by atoms with Crippen LogP contribution in [0.2, 0.25) is 0 Å². The highest BCUT2D eigenvalue weighted by Gasteiger charge is 2.14. The van der Waals surface area contributed by atoms with Crippen molar-refractivity contribution < 1.29 is 0 Å². The van der Waals surface area contributed by atoms with Gasteiger partial charge in [0.1, 0.15) is 0 Å². The third-order valence-corrected chi connectivity index (χ3v) is 3.94. The Labute approximate surface area is 144 Å². The molecular weight excluding hydrogens is 300 g/mol. The summed E-state index contributed by atoms with van der Waals surface area (Å²) in [6.07, 6.45) is 1.79. The topological polar surface area (TPSA) is 57.5 Å². The Morgan fingerprint density at radius 3 is 2.54 bits per heavy atom. The first-order valence-corrected chi connectivity index (χ1v) is 8.32. The molecule has 0 aliphatic carbocycles. The fourth-order valence-electron chi connectivity index (χ4n) is 2.53. The third-order valence-electron chi connectivity index (χ3n) is 3.94. The SMILES string of the molecule is CCNC(=NCc1ccnn1C)NCC(c1ccccc1)N(C)C. The maximum Gasteiger partial charge on any atom is 0.191 e. The van der Waals surface area contributed by atoms with Crippen molar-refractivity contribution in [2.45, 2.75) is 19.5 Å². The molecule has 0 aliphatic rings. The molecule has 0 spiro atoms. The van der Waals surface area contributed by atoms with E-state index in [0.29, 0.717) is 6.54 Å². The number of aromatic nitrogens is 2. The van der Waals surface area contributed by atoms with E-state index in [1.807, 2.05) is 23.9 Å². The molecule has 1 heterocycles. The second-order valence-corrected chi connectivity index (χ2v) is 5.91. The van der Waals surface area contributed by atoms with Crippen LogP contribution in [0.15, 0.2) is 47.6 Å². The van der Waals surface area contributed by atoms with Crippen molar-refractivity contribution in [2.75, 3.05) is 27.2 Å². The van der Waals surface area contributed by atoms with Crippen LogP contribution < -0.4 is 10.6 Å². The molecule has 1 aromatic heterocycles. The Morgan fingerprint density at radius 1 is 1.21 bits per heavy atom. The highest BCUT2D eigenvalue weighted by Crippen LogP contribution is 2.16. The van der Waals surface area contributed by atoms with Crippen LogP contribution in [0.25, 0.3) is 0 Å². The van der Waals surface area contributed by atoms with Crippen LogP contribution in [0.5, 0.6) is 0 Å². The Kier molecular flexibility index (Phi) is 6.81. The number of benzene rings is 1. The van der Waals surface area contributed by atoms with Crippen molar-refractivity contribution >= 4 is 5.96 Å². The zero-order chi connectivity index (χ0) is 17.4. The average Bonchev–Trinajstić information content (AvgIpc) is 2.98. The van der Waals surface area contributed by atoms with E-state index in [1.165, 1.54) is 5.56 Å². The predicted octanol–water partition coefficient (Wildman–Crippen LogP) is 1.78. The normalized spacial score (nSPS) is 13.1. The molecule has 2 rings (SSSR count). The Morgan fingerprint density at radius 2 is 1.96 bits per heavy atom. The van der Waals surface area contributed by atoms with Gasteiger partial charge in [-0.2, -0.15) is 5.10 Å². The molecule has 1 unspecified atom stereocenters. The molecule has 0 saturated carbocycles. The summed E-state index contributed by atoms with van der Waals surface area (Å²) in [6.45, 7) is 4.29. The molecule has 0 fully saturated rings. The van der Waals surface area contributed by atoms with Crippen LogP contribution in [-0.4, -0.2) is 47.8 Å². The van der Waals surface area contributed by atoms with Gasteiger partial charge in [-0.3, -0.25) is 4.68 Å². The van der Waals surface area contributed by atoms with Gasteiger partial charge in [0.2, 0.25) is 0 Å². The summed E-state index contributed by atoms with van der Waals surface area (Å²) < 4.78 is 1.85. The Hall–Kier alpha value is -2.34. The summed E-state index contributed by atoms with van der Waals surface area (Å²) in [6, 6.07) is 12.8. The van der Waals surface area contributed by atoms with Crippen molar-refractivity contribution in [2.24, 2.45) is 12.0 Å². The first kappa shape index (κ1) is 18.0. The van der Waals surface area contributed by atoms with Gasteiger partial charge in [-0.1, -0.05) is 30.3 Å². The molecule has 24 heavy (non-hydrogen) atoms. The van der Waals surface area contributed by atoms with E-state index in [-0.39, 0.29) is 6.04 Å². The van der Waals surface area contributed by atoms with Gasteiger partial charge in [-0.05, 0) is 32.6 Å². The van der Waals surface area contributed by atoms with Gasteiger partial charge in [-0.15, -0.1) is 0 Å². The largest absolute Gasteiger partial charge is 0.357 e. The number of hydrogen-bond acceptors (Lipinski definition) is 3. The average molecular weight is 328 g/mol. The fraction of sp³-hybridized carbons (Fsp3) is 0.444. The minimum absolute atomic E-state index is 0.284. The van der Waals surface area contributed by atoms with Gasteiger partial charge in [0.15, 0.2) is 5.96 Å². The van der Waals surface area contributed by atoms with Crippen LogP contribution >= 0.6 is 0 Å². The molecule has 0 aliphatic heterocycles. The van der Waals surface area contributed by atoms with Gasteiger partial charge in [0, 0.05) is 26.3 Å². The van der Waals surface area contributed by atoms with Crippen molar-refractivity contribution in [3.63, 3.8) is 0 Å². The van der Waals surface area contributed by atoms with Crippen LogP contribution in [0.4, 0.5) is 0 Å². The number of hydrogen-bond donors (Lipinski definition) is 2. The highest BCUT2D eigenvalue weighted by atomic mass is 15.3.